The van der Waals surface area contributed by atoms with E-state index in [1.807, 2.05) is 37.3 Å². The molecular weight excluding hydrogens is 328 g/mol. The SMILES string of the molecule is Cc1ccc(CC(=O)Nc2nc3ccc4ccccc4c3s2)c(C)c1. The Morgan fingerprint density at radius 1 is 1.08 bits per heavy atom. The number of hydrogen-bond donors (Lipinski definition) is 1. The van der Waals surface area contributed by atoms with E-state index in [-0.39, 0.29) is 5.91 Å². The molecule has 0 fully saturated rings. The van der Waals surface area contributed by atoms with E-state index in [1.165, 1.54) is 27.7 Å². The second-order valence-corrected chi connectivity index (χ2v) is 7.31. The van der Waals surface area contributed by atoms with Gasteiger partial charge in [0.1, 0.15) is 0 Å². The molecule has 1 aromatic heterocycles. The molecule has 1 N–H and O–H groups in total. The maximum Gasteiger partial charge on any atom is 0.230 e. The molecule has 0 bridgehead atoms. The van der Waals surface area contributed by atoms with Crippen molar-refractivity contribution < 1.29 is 4.79 Å². The Morgan fingerprint density at radius 2 is 1.92 bits per heavy atom. The zero-order valence-corrected chi connectivity index (χ0v) is 15.0. The lowest BCUT2D eigenvalue weighted by atomic mass is 10.0. The molecule has 0 saturated heterocycles. The molecule has 0 unspecified atom stereocenters. The Morgan fingerprint density at radius 3 is 2.76 bits per heavy atom. The maximum atomic E-state index is 12.4. The quantitative estimate of drug-likeness (QED) is 0.551. The van der Waals surface area contributed by atoms with Crippen molar-refractivity contribution in [2.45, 2.75) is 20.3 Å². The van der Waals surface area contributed by atoms with E-state index >= 15 is 0 Å². The summed E-state index contributed by atoms with van der Waals surface area (Å²) in [6.07, 6.45) is 0.364. The van der Waals surface area contributed by atoms with Crippen molar-refractivity contribution in [2.75, 3.05) is 5.32 Å². The zero-order chi connectivity index (χ0) is 17.4. The van der Waals surface area contributed by atoms with Gasteiger partial charge in [-0.05, 0) is 36.4 Å². The van der Waals surface area contributed by atoms with Gasteiger partial charge in [0, 0.05) is 5.39 Å². The fraction of sp³-hybridized carbons (Fsp3) is 0.143. The van der Waals surface area contributed by atoms with Gasteiger partial charge in [-0.25, -0.2) is 4.98 Å². The van der Waals surface area contributed by atoms with Crippen molar-refractivity contribution in [2.24, 2.45) is 0 Å². The van der Waals surface area contributed by atoms with Crippen molar-refractivity contribution in [3.8, 4) is 0 Å². The van der Waals surface area contributed by atoms with Gasteiger partial charge in [0.05, 0.1) is 16.6 Å². The first-order chi connectivity index (χ1) is 12.1. The predicted molar refractivity (Wildman–Crippen MR) is 105 cm³/mol. The fourth-order valence-electron chi connectivity index (χ4n) is 3.09. The Balaban J connectivity index is 1.60. The highest BCUT2D eigenvalue weighted by molar-refractivity contribution is 7.23. The van der Waals surface area contributed by atoms with Crippen LogP contribution in [0.2, 0.25) is 0 Å². The molecule has 0 saturated carbocycles. The highest BCUT2D eigenvalue weighted by atomic mass is 32.1. The number of fused-ring (bicyclic) bond motifs is 3. The molecule has 0 aliphatic heterocycles. The van der Waals surface area contributed by atoms with Crippen LogP contribution in [0.3, 0.4) is 0 Å². The summed E-state index contributed by atoms with van der Waals surface area (Å²) < 4.78 is 1.11. The van der Waals surface area contributed by atoms with Crippen LogP contribution < -0.4 is 5.32 Å². The molecule has 1 heterocycles. The maximum absolute atomic E-state index is 12.4. The normalized spacial score (nSPS) is 11.1. The van der Waals surface area contributed by atoms with E-state index in [0.29, 0.717) is 11.6 Å². The lowest BCUT2D eigenvalue weighted by Gasteiger charge is -2.06. The van der Waals surface area contributed by atoms with Gasteiger partial charge in [-0.15, -0.1) is 0 Å². The van der Waals surface area contributed by atoms with Crippen LogP contribution in [0.15, 0.2) is 54.6 Å². The second kappa shape index (κ2) is 6.30. The highest BCUT2D eigenvalue weighted by Crippen LogP contribution is 2.32. The summed E-state index contributed by atoms with van der Waals surface area (Å²) in [6.45, 7) is 4.10. The number of nitrogens with one attached hydrogen (secondary N) is 1. The number of aromatic nitrogens is 1. The number of amides is 1. The van der Waals surface area contributed by atoms with Crippen molar-refractivity contribution in [1.29, 1.82) is 0 Å². The topological polar surface area (TPSA) is 42.0 Å². The summed E-state index contributed by atoms with van der Waals surface area (Å²) in [4.78, 5) is 17.0. The van der Waals surface area contributed by atoms with Crippen LogP contribution in [0.4, 0.5) is 5.13 Å². The van der Waals surface area contributed by atoms with Crippen LogP contribution in [0.1, 0.15) is 16.7 Å². The standard InChI is InChI=1S/C21H18N2OS/c1-13-7-8-16(14(2)11-13)12-19(24)23-21-22-18-10-9-15-5-3-4-6-17(15)20(18)25-21/h3-11H,12H2,1-2H3,(H,22,23,24). The van der Waals surface area contributed by atoms with Crippen LogP contribution in [0, 0.1) is 13.8 Å². The van der Waals surface area contributed by atoms with Crippen molar-refractivity contribution in [3.05, 3.63) is 71.3 Å². The van der Waals surface area contributed by atoms with E-state index in [9.17, 15) is 4.79 Å². The number of aryl methyl sites for hydroxylation is 2. The molecule has 4 rings (SSSR count). The summed E-state index contributed by atoms with van der Waals surface area (Å²) in [7, 11) is 0. The number of carbonyl (C=O) groups excluding carboxylic acids is 1. The number of anilines is 1. The molecule has 0 radical (unpaired) electrons. The third-order valence-corrected chi connectivity index (χ3v) is 5.39. The molecule has 4 heteroatoms. The van der Waals surface area contributed by atoms with Gasteiger partial charge in [0.15, 0.2) is 5.13 Å². The van der Waals surface area contributed by atoms with Crippen LogP contribution in [0.25, 0.3) is 21.0 Å². The molecule has 0 spiro atoms. The first kappa shape index (κ1) is 15.8. The summed E-state index contributed by atoms with van der Waals surface area (Å²) in [5, 5.41) is 5.97. The molecule has 25 heavy (non-hydrogen) atoms. The van der Waals surface area contributed by atoms with E-state index in [1.54, 1.807) is 0 Å². The third-order valence-electron chi connectivity index (χ3n) is 4.38. The molecule has 3 aromatic carbocycles. The molecule has 0 aliphatic rings. The monoisotopic (exact) mass is 346 g/mol. The summed E-state index contributed by atoms with van der Waals surface area (Å²) in [6, 6.07) is 18.5. The number of nitrogens with zero attached hydrogens (tertiary/aromatic N) is 1. The van der Waals surface area contributed by atoms with Gasteiger partial charge in [-0.3, -0.25) is 4.79 Å². The average molecular weight is 346 g/mol. The second-order valence-electron chi connectivity index (χ2n) is 6.31. The number of thiazole rings is 1. The number of hydrogen-bond acceptors (Lipinski definition) is 3. The van der Waals surface area contributed by atoms with Gasteiger partial charge in [0.2, 0.25) is 5.91 Å². The average Bonchev–Trinajstić information content (AvgIpc) is 3.00. The van der Waals surface area contributed by atoms with E-state index in [2.05, 4.69) is 41.5 Å². The fourth-order valence-corrected chi connectivity index (χ4v) is 4.11. The van der Waals surface area contributed by atoms with Crippen LogP contribution in [0.5, 0.6) is 0 Å². The van der Waals surface area contributed by atoms with Crippen LogP contribution >= 0.6 is 11.3 Å². The Kier molecular flexibility index (Phi) is 3.98. The Bertz CT molecular complexity index is 1100. The van der Waals surface area contributed by atoms with Gasteiger partial charge < -0.3 is 5.32 Å². The smallest absolute Gasteiger partial charge is 0.230 e. The molecule has 4 aromatic rings. The van der Waals surface area contributed by atoms with Gasteiger partial charge in [-0.2, -0.15) is 0 Å². The third kappa shape index (κ3) is 3.13. The highest BCUT2D eigenvalue weighted by Gasteiger charge is 2.11. The Hall–Kier alpha value is -2.72. The van der Waals surface area contributed by atoms with E-state index < -0.39 is 0 Å². The number of rotatable bonds is 3. The van der Waals surface area contributed by atoms with Crippen molar-refractivity contribution >= 4 is 43.4 Å². The zero-order valence-electron chi connectivity index (χ0n) is 14.2. The number of carbonyl (C=O) groups is 1. The Labute approximate surface area is 150 Å². The van der Waals surface area contributed by atoms with Crippen molar-refractivity contribution in [1.82, 2.24) is 4.98 Å². The largest absolute Gasteiger partial charge is 0.302 e. The van der Waals surface area contributed by atoms with Gasteiger partial charge in [0.25, 0.3) is 0 Å². The number of benzene rings is 3. The minimum Gasteiger partial charge on any atom is -0.302 e. The molecular formula is C21H18N2OS. The first-order valence-electron chi connectivity index (χ1n) is 8.24. The molecule has 0 atom stereocenters. The molecule has 3 nitrogen and oxygen atoms in total. The predicted octanol–water partition coefficient (Wildman–Crippen LogP) is 5.25. The van der Waals surface area contributed by atoms with Gasteiger partial charge >= 0.3 is 0 Å². The van der Waals surface area contributed by atoms with Crippen LogP contribution in [-0.4, -0.2) is 10.9 Å². The lowest BCUT2D eigenvalue weighted by Crippen LogP contribution is -2.14. The summed E-state index contributed by atoms with van der Waals surface area (Å²) >= 11 is 1.53. The van der Waals surface area contributed by atoms with Crippen molar-refractivity contribution in [3.63, 3.8) is 0 Å². The molecule has 1 amide bonds. The molecule has 124 valence electrons. The first-order valence-corrected chi connectivity index (χ1v) is 9.06. The lowest BCUT2D eigenvalue weighted by molar-refractivity contribution is -0.115. The van der Waals surface area contributed by atoms with E-state index in [4.69, 9.17) is 0 Å². The minimum absolute atomic E-state index is 0.0321. The van der Waals surface area contributed by atoms with Crippen LogP contribution in [-0.2, 0) is 11.2 Å². The summed E-state index contributed by atoms with van der Waals surface area (Å²) in [5.41, 5.74) is 4.32. The minimum atomic E-state index is -0.0321. The van der Waals surface area contributed by atoms with Gasteiger partial charge in [-0.1, -0.05) is 65.4 Å². The summed E-state index contributed by atoms with van der Waals surface area (Å²) in [5.74, 6) is -0.0321. The van der Waals surface area contributed by atoms with E-state index in [0.717, 1.165) is 21.3 Å². The molecule has 0 aliphatic carbocycles.